The van der Waals surface area contributed by atoms with Crippen molar-refractivity contribution in [3.63, 3.8) is 0 Å². The number of aryl methyl sites for hydroxylation is 2. The van der Waals surface area contributed by atoms with Gasteiger partial charge in [0.25, 0.3) is 0 Å². The van der Waals surface area contributed by atoms with Crippen LogP contribution in [0.4, 0.5) is 16.5 Å². The van der Waals surface area contributed by atoms with Crippen molar-refractivity contribution in [1.82, 2.24) is 4.98 Å². The van der Waals surface area contributed by atoms with E-state index in [-0.39, 0.29) is 5.91 Å². The lowest BCUT2D eigenvalue weighted by atomic mass is 10.1. The first kappa shape index (κ1) is 17.2. The number of carbonyl (C=O) groups excluding carboxylic acids is 1. The first-order valence-electron chi connectivity index (χ1n) is 8.24. The summed E-state index contributed by atoms with van der Waals surface area (Å²) in [4.78, 5) is 16.1. The Morgan fingerprint density at radius 2 is 1.72 bits per heavy atom. The summed E-state index contributed by atoms with van der Waals surface area (Å²) in [5.74, 6) is 0.0151. The standard InChI is InChI=1S/C20H21N3OS/c1-4-19(24)21-16-7-5-15(6-8-16)18-12-25-20(23-18)22-17-10-13(2)9-14(3)11-17/h5-12H,4H2,1-3H3,(H,21,24)(H,22,23). The third kappa shape index (κ3) is 4.45. The molecule has 1 heterocycles. The highest BCUT2D eigenvalue weighted by atomic mass is 32.1. The van der Waals surface area contributed by atoms with Crippen LogP contribution in [-0.2, 0) is 4.79 Å². The van der Waals surface area contributed by atoms with E-state index in [1.165, 1.54) is 11.1 Å². The molecule has 25 heavy (non-hydrogen) atoms. The van der Waals surface area contributed by atoms with Crippen LogP contribution in [0.3, 0.4) is 0 Å². The maximum atomic E-state index is 11.4. The molecular formula is C20H21N3OS. The molecule has 1 aromatic heterocycles. The maximum Gasteiger partial charge on any atom is 0.224 e. The van der Waals surface area contributed by atoms with Crippen LogP contribution in [0.1, 0.15) is 24.5 Å². The number of nitrogens with zero attached hydrogens (tertiary/aromatic N) is 1. The lowest BCUT2D eigenvalue weighted by Crippen LogP contribution is -2.08. The van der Waals surface area contributed by atoms with E-state index in [0.717, 1.165) is 27.8 Å². The second-order valence-electron chi connectivity index (χ2n) is 6.02. The first-order valence-corrected chi connectivity index (χ1v) is 9.12. The summed E-state index contributed by atoms with van der Waals surface area (Å²) in [6.07, 6.45) is 0.474. The maximum absolute atomic E-state index is 11.4. The number of anilines is 3. The molecule has 3 rings (SSSR count). The van der Waals surface area contributed by atoms with Gasteiger partial charge in [0.05, 0.1) is 5.69 Å². The topological polar surface area (TPSA) is 54.0 Å². The number of amides is 1. The van der Waals surface area contributed by atoms with Gasteiger partial charge in [-0.25, -0.2) is 4.98 Å². The molecule has 2 N–H and O–H groups in total. The Hall–Kier alpha value is -2.66. The molecule has 0 aliphatic carbocycles. The number of hydrogen-bond acceptors (Lipinski definition) is 4. The van der Waals surface area contributed by atoms with Crippen molar-refractivity contribution in [3.05, 3.63) is 59.0 Å². The highest BCUT2D eigenvalue weighted by Crippen LogP contribution is 2.28. The van der Waals surface area contributed by atoms with Crippen molar-refractivity contribution in [3.8, 4) is 11.3 Å². The molecule has 0 atom stereocenters. The molecule has 0 spiro atoms. The second kappa shape index (κ2) is 7.49. The molecule has 128 valence electrons. The van der Waals surface area contributed by atoms with Crippen LogP contribution in [-0.4, -0.2) is 10.9 Å². The van der Waals surface area contributed by atoms with Gasteiger partial charge in [-0.2, -0.15) is 0 Å². The van der Waals surface area contributed by atoms with Gasteiger partial charge >= 0.3 is 0 Å². The summed E-state index contributed by atoms with van der Waals surface area (Å²) in [5.41, 5.74) is 6.26. The minimum Gasteiger partial charge on any atom is -0.332 e. The molecular weight excluding hydrogens is 330 g/mol. The zero-order valence-electron chi connectivity index (χ0n) is 14.6. The Kier molecular flexibility index (Phi) is 5.14. The summed E-state index contributed by atoms with van der Waals surface area (Å²) in [6.45, 7) is 6.01. The molecule has 0 radical (unpaired) electrons. The molecule has 1 amide bonds. The normalized spacial score (nSPS) is 10.5. The van der Waals surface area contributed by atoms with Gasteiger partial charge in [-0.3, -0.25) is 4.79 Å². The quantitative estimate of drug-likeness (QED) is 0.636. The van der Waals surface area contributed by atoms with Crippen LogP contribution in [0.15, 0.2) is 47.8 Å². The molecule has 0 unspecified atom stereocenters. The van der Waals surface area contributed by atoms with Gasteiger partial charge in [-0.1, -0.05) is 25.1 Å². The number of thiazole rings is 1. The summed E-state index contributed by atoms with van der Waals surface area (Å²) in [6, 6.07) is 14.1. The molecule has 3 aromatic rings. The SMILES string of the molecule is CCC(=O)Nc1ccc(-c2csc(Nc3cc(C)cc(C)c3)n2)cc1. The van der Waals surface area contributed by atoms with Gasteiger partial charge < -0.3 is 10.6 Å². The van der Waals surface area contributed by atoms with Gasteiger partial charge in [0.15, 0.2) is 5.13 Å². The molecule has 0 aliphatic rings. The van der Waals surface area contributed by atoms with Gasteiger partial charge in [-0.05, 0) is 49.2 Å². The minimum atomic E-state index is 0.0151. The molecule has 4 nitrogen and oxygen atoms in total. The molecule has 0 fully saturated rings. The highest BCUT2D eigenvalue weighted by molar-refractivity contribution is 7.14. The number of aromatic nitrogens is 1. The van der Waals surface area contributed by atoms with E-state index in [4.69, 9.17) is 0 Å². The predicted molar refractivity (Wildman–Crippen MR) is 106 cm³/mol. The monoisotopic (exact) mass is 351 g/mol. The Morgan fingerprint density at radius 3 is 2.36 bits per heavy atom. The third-order valence-corrected chi connectivity index (χ3v) is 4.52. The van der Waals surface area contributed by atoms with Crippen molar-refractivity contribution in [2.75, 3.05) is 10.6 Å². The number of nitrogens with one attached hydrogen (secondary N) is 2. The van der Waals surface area contributed by atoms with Crippen molar-refractivity contribution in [2.24, 2.45) is 0 Å². The van der Waals surface area contributed by atoms with E-state index >= 15 is 0 Å². The van der Waals surface area contributed by atoms with Crippen LogP contribution in [0.5, 0.6) is 0 Å². The fourth-order valence-electron chi connectivity index (χ4n) is 2.61. The van der Waals surface area contributed by atoms with E-state index in [9.17, 15) is 4.79 Å². The second-order valence-corrected chi connectivity index (χ2v) is 6.88. The number of benzene rings is 2. The molecule has 0 saturated heterocycles. The average Bonchev–Trinajstić information content (AvgIpc) is 3.03. The van der Waals surface area contributed by atoms with E-state index in [1.807, 2.05) is 36.6 Å². The largest absolute Gasteiger partial charge is 0.332 e. The first-order chi connectivity index (χ1) is 12.0. The molecule has 5 heteroatoms. The summed E-state index contributed by atoms with van der Waals surface area (Å²) < 4.78 is 0. The van der Waals surface area contributed by atoms with Gasteiger partial charge in [0, 0.05) is 28.7 Å². The smallest absolute Gasteiger partial charge is 0.224 e. The van der Waals surface area contributed by atoms with E-state index in [1.54, 1.807) is 11.3 Å². The van der Waals surface area contributed by atoms with E-state index in [0.29, 0.717) is 6.42 Å². The van der Waals surface area contributed by atoms with Crippen LogP contribution < -0.4 is 10.6 Å². The minimum absolute atomic E-state index is 0.0151. The Morgan fingerprint density at radius 1 is 1.04 bits per heavy atom. The summed E-state index contributed by atoms with van der Waals surface area (Å²) in [5, 5.41) is 9.12. The fourth-order valence-corrected chi connectivity index (χ4v) is 3.35. The molecule has 0 bridgehead atoms. The van der Waals surface area contributed by atoms with Gasteiger partial charge in [0.2, 0.25) is 5.91 Å². The van der Waals surface area contributed by atoms with Crippen molar-refractivity contribution < 1.29 is 4.79 Å². The van der Waals surface area contributed by atoms with Crippen molar-refractivity contribution in [2.45, 2.75) is 27.2 Å². The predicted octanol–water partition coefficient (Wildman–Crippen LogP) is 5.52. The van der Waals surface area contributed by atoms with Crippen LogP contribution in [0.25, 0.3) is 11.3 Å². The van der Waals surface area contributed by atoms with E-state index in [2.05, 4.69) is 47.7 Å². The van der Waals surface area contributed by atoms with Crippen molar-refractivity contribution in [1.29, 1.82) is 0 Å². The number of carbonyl (C=O) groups is 1. The van der Waals surface area contributed by atoms with E-state index < -0.39 is 0 Å². The highest BCUT2D eigenvalue weighted by Gasteiger charge is 2.06. The lowest BCUT2D eigenvalue weighted by Gasteiger charge is -2.06. The third-order valence-electron chi connectivity index (χ3n) is 3.76. The average molecular weight is 351 g/mol. The van der Waals surface area contributed by atoms with Crippen LogP contribution in [0.2, 0.25) is 0 Å². The summed E-state index contributed by atoms with van der Waals surface area (Å²) in [7, 11) is 0. The number of rotatable bonds is 5. The Bertz CT molecular complexity index is 864. The summed E-state index contributed by atoms with van der Waals surface area (Å²) >= 11 is 1.58. The molecule has 2 aromatic carbocycles. The lowest BCUT2D eigenvalue weighted by molar-refractivity contribution is -0.115. The zero-order chi connectivity index (χ0) is 17.8. The Labute approximate surface area is 151 Å². The van der Waals surface area contributed by atoms with Crippen molar-refractivity contribution >= 4 is 33.8 Å². The zero-order valence-corrected chi connectivity index (χ0v) is 15.4. The molecule has 0 saturated carbocycles. The van der Waals surface area contributed by atoms with Gasteiger partial charge in [0.1, 0.15) is 0 Å². The Balaban J connectivity index is 1.73. The molecule has 0 aliphatic heterocycles. The van der Waals surface area contributed by atoms with Crippen LogP contribution >= 0.6 is 11.3 Å². The van der Waals surface area contributed by atoms with Gasteiger partial charge in [-0.15, -0.1) is 11.3 Å². The number of hydrogen-bond donors (Lipinski definition) is 2. The van der Waals surface area contributed by atoms with Crippen LogP contribution in [0, 0.1) is 13.8 Å². The fraction of sp³-hybridized carbons (Fsp3) is 0.200.